The Balaban J connectivity index is 2.81. The van der Waals surface area contributed by atoms with E-state index in [1.54, 1.807) is 13.8 Å². The number of carbonyl (C=O) groups excluding carboxylic acids is 4. The van der Waals surface area contributed by atoms with Gasteiger partial charge in [-0.2, -0.15) is 0 Å². The van der Waals surface area contributed by atoms with Crippen LogP contribution < -0.4 is 32.7 Å². The minimum atomic E-state index is -0.963. The Morgan fingerprint density at radius 1 is 1.11 bits per heavy atom. The quantitative estimate of drug-likeness (QED) is 0.221. The zero-order valence-corrected chi connectivity index (χ0v) is 16.8. The predicted molar refractivity (Wildman–Crippen MR) is 104 cm³/mol. The Kier molecular flexibility index (Phi) is 8.27. The maximum atomic E-state index is 12.7. The van der Waals surface area contributed by atoms with Crippen molar-refractivity contribution >= 4 is 23.6 Å². The molecule has 0 radical (unpaired) electrons. The number of primary amides is 1. The van der Waals surface area contributed by atoms with Crippen LogP contribution in [0.5, 0.6) is 0 Å². The summed E-state index contributed by atoms with van der Waals surface area (Å²) in [6.07, 6.45) is 1.84. The lowest BCUT2D eigenvalue weighted by Crippen LogP contribution is -2.58. The third-order valence-electron chi connectivity index (χ3n) is 4.51. The van der Waals surface area contributed by atoms with Gasteiger partial charge in [0.05, 0.1) is 5.82 Å². The average Bonchev–Trinajstić information content (AvgIpc) is 3.34. The second-order valence-electron chi connectivity index (χ2n) is 7.52. The van der Waals surface area contributed by atoms with Gasteiger partial charge in [-0.05, 0) is 31.6 Å². The maximum Gasteiger partial charge on any atom is 0.246 e. The van der Waals surface area contributed by atoms with E-state index in [2.05, 4.69) is 27.8 Å². The van der Waals surface area contributed by atoms with Crippen molar-refractivity contribution < 1.29 is 19.2 Å². The first-order valence-electron chi connectivity index (χ1n) is 9.36. The van der Waals surface area contributed by atoms with E-state index in [0.717, 1.165) is 0 Å². The molecule has 1 fully saturated rings. The maximum absolute atomic E-state index is 12.7. The smallest absolute Gasteiger partial charge is 0.246 e. The van der Waals surface area contributed by atoms with E-state index in [-0.39, 0.29) is 11.8 Å². The summed E-state index contributed by atoms with van der Waals surface area (Å²) in [5.41, 5.74) is 9.84. The second-order valence-corrected chi connectivity index (χ2v) is 7.52. The molecule has 0 aromatic heterocycles. The Hall–Kier alpha value is -2.78. The van der Waals surface area contributed by atoms with Crippen molar-refractivity contribution in [1.82, 2.24) is 21.3 Å². The molecule has 1 aliphatic carbocycles. The number of nitrogens with one attached hydrogen (secondary N) is 4. The van der Waals surface area contributed by atoms with Gasteiger partial charge in [0.15, 0.2) is 0 Å². The highest BCUT2D eigenvalue weighted by molar-refractivity contribution is 5.97. The van der Waals surface area contributed by atoms with Crippen molar-refractivity contribution in [3.63, 3.8) is 0 Å². The van der Waals surface area contributed by atoms with Gasteiger partial charge in [0.25, 0.3) is 0 Å². The summed E-state index contributed by atoms with van der Waals surface area (Å²) in [7, 11) is 0. The van der Waals surface area contributed by atoms with E-state index in [1.165, 1.54) is 6.92 Å². The third kappa shape index (κ3) is 7.09. The Labute approximate surface area is 165 Å². The van der Waals surface area contributed by atoms with Crippen molar-refractivity contribution in [2.45, 2.75) is 64.1 Å². The number of nitrogens with two attached hydrogens (primary N) is 2. The highest BCUT2D eigenvalue weighted by atomic mass is 16.2. The molecule has 0 aliphatic heterocycles. The summed E-state index contributed by atoms with van der Waals surface area (Å²) in [5.74, 6) is -1.77. The van der Waals surface area contributed by atoms with Crippen LogP contribution in [0.1, 0.15) is 46.5 Å². The molecule has 10 nitrogen and oxygen atoms in total. The van der Waals surface area contributed by atoms with Crippen molar-refractivity contribution in [3.8, 4) is 0 Å². The Morgan fingerprint density at radius 2 is 1.71 bits per heavy atom. The number of carbonyl (C=O) groups is 4. The molecule has 4 amide bonds. The summed E-state index contributed by atoms with van der Waals surface area (Å²) in [6.45, 7) is 8.85. The van der Waals surface area contributed by atoms with E-state index < -0.39 is 35.3 Å². The van der Waals surface area contributed by atoms with Crippen LogP contribution >= 0.6 is 0 Å². The normalized spacial score (nSPS) is 16.4. The van der Waals surface area contributed by atoms with E-state index in [0.29, 0.717) is 38.0 Å². The van der Waals surface area contributed by atoms with Gasteiger partial charge in [0.1, 0.15) is 17.6 Å². The molecule has 0 aromatic carbocycles. The first-order valence-corrected chi connectivity index (χ1v) is 9.36. The van der Waals surface area contributed by atoms with E-state index in [1.807, 2.05) is 0 Å². The lowest BCUT2D eigenvalue weighted by molar-refractivity contribution is -0.134. The second kappa shape index (κ2) is 9.95. The molecule has 1 rings (SSSR count). The highest BCUT2D eigenvalue weighted by Gasteiger charge is 2.51. The molecule has 0 unspecified atom stereocenters. The molecule has 0 aromatic rings. The number of amides is 4. The molecule has 28 heavy (non-hydrogen) atoms. The summed E-state index contributed by atoms with van der Waals surface area (Å²) in [6, 6.07) is -1.73. The first-order chi connectivity index (χ1) is 13.0. The fourth-order valence-corrected chi connectivity index (χ4v) is 2.81. The molecular formula is C18H32N6O4. The van der Waals surface area contributed by atoms with Crippen LogP contribution in [0.25, 0.3) is 0 Å². The number of hydrogen-bond acceptors (Lipinski definition) is 6. The molecule has 2 atom stereocenters. The van der Waals surface area contributed by atoms with Crippen molar-refractivity contribution in [2.75, 3.05) is 6.54 Å². The fourth-order valence-electron chi connectivity index (χ4n) is 2.81. The zero-order chi connectivity index (χ0) is 21.5. The molecule has 158 valence electrons. The molecule has 1 aliphatic rings. The summed E-state index contributed by atoms with van der Waals surface area (Å²) < 4.78 is 0. The van der Waals surface area contributed by atoms with E-state index in [4.69, 9.17) is 11.5 Å². The minimum Gasteiger partial charge on any atom is -0.386 e. The molecule has 0 spiro atoms. The fraction of sp³-hybridized carbons (Fsp3) is 0.667. The van der Waals surface area contributed by atoms with Crippen LogP contribution in [0.15, 0.2) is 12.4 Å². The van der Waals surface area contributed by atoms with Gasteiger partial charge in [0.2, 0.25) is 23.6 Å². The van der Waals surface area contributed by atoms with Crippen molar-refractivity contribution in [2.24, 2.45) is 17.4 Å². The van der Waals surface area contributed by atoms with Crippen molar-refractivity contribution in [1.29, 1.82) is 0 Å². The first kappa shape index (κ1) is 23.3. The molecule has 0 saturated heterocycles. The summed E-state index contributed by atoms with van der Waals surface area (Å²) in [5, 5.41) is 10.8. The lowest BCUT2D eigenvalue weighted by atomic mass is 10.0. The summed E-state index contributed by atoms with van der Waals surface area (Å²) >= 11 is 0. The van der Waals surface area contributed by atoms with Gasteiger partial charge in [-0.15, -0.1) is 0 Å². The lowest BCUT2D eigenvalue weighted by Gasteiger charge is -2.25. The van der Waals surface area contributed by atoms with Crippen LogP contribution in [0.3, 0.4) is 0 Å². The number of hydrogen-bond donors (Lipinski definition) is 6. The Morgan fingerprint density at radius 3 is 2.14 bits per heavy atom. The van der Waals surface area contributed by atoms with E-state index >= 15 is 0 Å². The van der Waals surface area contributed by atoms with E-state index in [9.17, 15) is 19.2 Å². The monoisotopic (exact) mass is 396 g/mol. The number of rotatable bonds is 12. The standard InChI is InChI=1S/C18H32N6O4/c1-10(2)14(15(20)26)23-16(27)13(6-5-9-21-11(3)19)22-17(28)18(7-8-18)24-12(4)25/h10,13-14,21H,3,5-9,19H2,1-2,4H3,(H2,20,26)(H,22,28)(H,23,27)(H,24,25)/t13-,14-/m0/s1. The van der Waals surface area contributed by atoms with Gasteiger partial charge in [-0.3, -0.25) is 19.2 Å². The molecule has 1 saturated carbocycles. The predicted octanol–water partition coefficient (Wildman–Crippen LogP) is -1.43. The van der Waals surface area contributed by atoms with Gasteiger partial charge in [0, 0.05) is 13.5 Å². The SMILES string of the molecule is C=C(N)NCCC[C@H](NC(=O)C1(NC(C)=O)CC1)C(=O)N[C@H](C(N)=O)C(C)C. The van der Waals surface area contributed by atoms with Crippen LogP contribution in [0, 0.1) is 5.92 Å². The molecular weight excluding hydrogens is 364 g/mol. The minimum absolute atomic E-state index is 0.200. The molecule has 8 N–H and O–H groups in total. The molecule has 0 heterocycles. The largest absolute Gasteiger partial charge is 0.386 e. The Bertz CT molecular complexity index is 630. The summed E-state index contributed by atoms with van der Waals surface area (Å²) in [4.78, 5) is 48.3. The van der Waals surface area contributed by atoms with Gasteiger partial charge < -0.3 is 32.7 Å². The van der Waals surface area contributed by atoms with Crippen LogP contribution in [0.2, 0.25) is 0 Å². The van der Waals surface area contributed by atoms with Gasteiger partial charge in [-0.25, -0.2) is 0 Å². The zero-order valence-electron chi connectivity index (χ0n) is 16.8. The highest BCUT2D eigenvalue weighted by Crippen LogP contribution is 2.35. The average molecular weight is 396 g/mol. The van der Waals surface area contributed by atoms with Gasteiger partial charge in [-0.1, -0.05) is 20.4 Å². The van der Waals surface area contributed by atoms with Gasteiger partial charge >= 0.3 is 0 Å². The van der Waals surface area contributed by atoms with Crippen LogP contribution in [-0.2, 0) is 19.2 Å². The van der Waals surface area contributed by atoms with Crippen LogP contribution in [-0.4, -0.2) is 47.8 Å². The topological polar surface area (TPSA) is 168 Å². The third-order valence-corrected chi connectivity index (χ3v) is 4.51. The molecule has 10 heteroatoms. The van der Waals surface area contributed by atoms with Crippen LogP contribution in [0.4, 0.5) is 0 Å². The molecule has 0 bridgehead atoms. The van der Waals surface area contributed by atoms with Crippen molar-refractivity contribution in [3.05, 3.63) is 12.4 Å².